The first-order chi connectivity index (χ1) is 13.9. The second kappa shape index (κ2) is 11.1. The minimum Gasteiger partial charge on any atom is -0.326 e. The molecule has 0 spiro atoms. The highest BCUT2D eigenvalue weighted by molar-refractivity contribution is 7.80. The number of anilines is 1. The van der Waals surface area contributed by atoms with Gasteiger partial charge in [-0.15, -0.1) is 0 Å². The Morgan fingerprint density at radius 1 is 0.966 bits per heavy atom. The van der Waals surface area contributed by atoms with Crippen LogP contribution in [0.1, 0.15) is 35.7 Å². The molecule has 0 aromatic heterocycles. The number of hydrogen-bond acceptors (Lipinski definition) is 4. The molecule has 0 saturated heterocycles. The number of halogens is 1. The van der Waals surface area contributed by atoms with Crippen LogP contribution in [-0.2, 0) is 16.0 Å². The summed E-state index contributed by atoms with van der Waals surface area (Å²) in [6.07, 6.45) is 1.04. The molecule has 29 heavy (non-hydrogen) atoms. The predicted molar refractivity (Wildman–Crippen MR) is 116 cm³/mol. The van der Waals surface area contributed by atoms with E-state index >= 15 is 0 Å². The van der Waals surface area contributed by atoms with Crippen LogP contribution in [0.2, 0.25) is 5.02 Å². The second-order valence-electron chi connectivity index (χ2n) is 6.03. The van der Waals surface area contributed by atoms with Crippen molar-refractivity contribution in [2.45, 2.75) is 26.2 Å². The number of amides is 3. The van der Waals surface area contributed by atoms with E-state index in [0.29, 0.717) is 29.1 Å². The minimum atomic E-state index is -0.439. The summed E-state index contributed by atoms with van der Waals surface area (Å²) in [4.78, 5) is 35.5. The molecule has 0 unspecified atom stereocenters. The molecule has 0 radical (unpaired) electrons. The van der Waals surface area contributed by atoms with Gasteiger partial charge in [0, 0.05) is 29.1 Å². The summed E-state index contributed by atoms with van der Waals surface area (Å²) in [5.41, 5.74) is 6.72. The Morgan fingerprint density at radius 2 is 1.66 bits per heavy atom. The molecule has 0 bridgehead atoms. The minimum absolute atomic E-state index is 0.0191. The molecule has 0 aliphatic carbocycles. The Kier molecular flexibility index (Phi) is 8.57. The predicted octanol–water partition coefficient (Wildman–Crippen LogP) is 2.96. The first-order valence-electron chi connectivity index (χ1n) is 8.92. The average molecular weight is 433 g/mol. The fraction of sp³-hybridized carbons (Fsp3) is 0.200. The number of aryl methyl sites for hydroxylation is 1. The maximum Gasteiger partial charge on any atom is 0.269 e. The first-order valence-corrected chi connectivity index (χ1v) is 9.71. The normalized spacial score (nSPS) is 10.0. The topological polar surface area (TPSA) is 99.3 Å². The van der Waals surface area contributed by atoms with Crippen LogP contribution in [0.15, 0.2) is 48.5 Å². The fourth-order valence-corrected chi connectivity index (χ4v) is 2.70. The van der Waals surface area contributed by atoms with Gasteiger partial charge < -0.3 is 10.6 Å². The maximum absolute atomic E-state index is 12.1. The summed E-state index contributed by atoms with van der Waals surface area (Å²) in [6, 6.07) is 13.7. The van der Waals surface area contributed by atoms with Gasteiger partial charge in [0.1, 0.15) is 0 Å². The third kappa shape index (κ3) is 7.52. The highest BCUT2D eigenvalue weighted by Crippen LogP contribution is 2.16. The van der Waals surface area contributed by atoms with Crippen LogP contribution in [0.3, 0.4) is 0 Å². The number of benzene rings is 2. The second-order valence-corrected chi connectivity index (χ2v) is 6.84. The van der Waals surface area contributed by atoms with E-state index < -0.39 is 5.91 Å². The molecule has 2 aromatic rings. The van der Waals surface area contributed by atoms with Crippen LogP contribution in [0, 0.1) is 0 Å². The lowest BCUT2D eigenvalue weighted by atomic mass is 10.1. The third-order valence-electron chi connectivity index (χ3n) is 3.87. The molecule has 4 N–H and O–H groups in total. The fourth-order valence-electron chi connectivity index (χ4n) is 2.31. The number of hydrazine groups is 1. The van der Waals surface area contributed by atoms with Crippen molar-refractivity contribution in [2.75, 3.05) is 5.32 Å². The molecule has 2 rings (SSSR count). The van der Waals surface area contributed by atoms with Gasteiger partial charge in [-0.2, -0.15) is 0 Å². The van der Waals surface area contributed by atoms with Crippen LogP contribution >= 0.6 is 23.8 Å². The van der Waals surface area contributed by atoms with Gasteiger partial charge in [0.2, 0.25) is 11.8 Å². The van der Waals surface area contributed by atoms with E-state index in [4.69, 9.17) is 23.8 Å². The van der Waals surface area contributed by atoms with Crippen molar-refractivity contribution in [3.63, 3.8) is 0 Å². The largest absolute Gasteiger partial charge is 0.326 e. The molecular formula is C20H21ClN4O3S. The maximum atomic E-state index is 12.1. The zero-order valence-corrected chi connectivity index (χ0v) is 17.3. The molecule has 0 heterocycles. The van der Waals surface area contributed by atoms with Crippen LogP contribution in [0.25, 0.3) is 0 Å². The van der Waals surface area contributed by atoms with Gasteiger partial charge in [0.25, 0.3) is 5.91 Å². The Bertz CT molecular complexity index is 903. The van der Waals surface area contributed by atoms with E-state index in [1.54, 1.807) is 37.3 Å². The van der Waals surface area contributed by atoms with Gasteiger partial charge in [-0.1, -0.05) is 36.7 Å². The summed E-state index contributed by atoms with van der Waals surface area (Å²) in [5.74, 6) is -0.849. The summed E-state index contributed by atoms with van der Waals surface area (Å²) < 4.78 is 0. The first kappa shape index (κ1) is 22.3. The molecule has 7 nitrogen and oxygen atoms in total. The lowest BCUT2D eigenvalue weighted by Crippen LogP contribution is -2.48. The van der Waals surface area contributed by atoms with E-state index in [1.807, 2.05) is 18.2 Å². The molecule has 0 saturated carbocycles. The zero-order valence-electron chi connectivity index (χ0n) is 15.8. The van der Waals surface area contributed by atoms with Gasteiger partial charge in [-0.05, 0) is 54.5 Å². The van der Waals surface area contributed by atoms with Gasteiger partial charge in [0.15, 0.2) is 5.11 Å². The van der Waals surface area contributed by atoms with Crippen molar-refractivity contribution in [3.05, 3.63) is 64.7 Å². The van der Waals surface area contributed by atoms with Crippen molar-refractivity contribution in [3.8, 4) is 0 Å². The third-order valence-corrected chi connectivity index (χ3v) is 4.45. The van der Waals surface area contributed by atoms with E-state index in [2.05, 4.69) is 21.5 Å². The van der Waals surface area contributed by atoms with Crippen molar-refractivity contribution in [2.24, 2.45) is 0 Å². The van der Waals surface area contributed by atoms with Crippen LogP contribution < -0.4 is 21.5 Å². The number of carbonyl (C=O) groups is 3. The summed E-state index contributed by atoms with van der Waals surface area (Å²) in [5, 5.41) is 5.77. The highest BCUT2D eigenvalue weighted by Gasteiger charge is 2.09. The number of thiocarbonyl (C=S) groups is 1. The van der Waals surface area contributed by atoms with Crippen LogP contribution in [0.4, 0.5) is 5.69 Å². The van der Waals surface area contributed by atoms with Crippen LogP contribution in [-0.4, -0.2) is 22.8 Å². The lowest BCUT2D eigenvalue weighted by Gasteiger charge is -2.11. The Morgan fingerprint density at radius 3 is 2.31 bits per heavy atom. The quantitative estimate of drug-likeness (QED) is 0.415. The molecule has 3 amide bonds. The van der Waals surface area contributed by atoms with Gasteiger partial charge in [0.05, 0.1) is 0 Å². The van der Waals surface area contributed by atoms with E-state index in [1.165, 1.54) is 0 Å². The van der Waals surface area contributed by atoms with Crippen molar-refractivity contribution in [1.82, 2.24) is 16.2 Å². The van der Waals surface area contributed by atoms with E-state index in [0.717, 1.165) is 5.56 Å². The van der Waals surface area contributed by atoms with Crippen molar-refractivity contribution >= 4 is 52.3 Å². The summed E-state index contributed by atoms with van der Waals surface area (Å²) in [7, 11) is 0. The molecule has 0 aliphatic heterocycles. The van der Waals surface area contributed by atoms with Gasteiger partial charge in [-0.3, -0.25) is 25.2 Å². The van der Waals surface area contributed by atoms with E-state index in [9.17, 15) is 14.4 Å². The highest BCUT2D eigenvalue weighted by atomic mass is 35.5. The SMILES string of the molecule is CCC(=O)Nc1ccc(C(=O)NNC(=S)NC(=O)CCc2ccccc2Cl)cc1. The Labute approximate surface area is 179 Å². The van der Waals surface area contributed by atoms with Gasteiger partial charge in [-0.25, -0.2) is 0 Å². The monoisotopic (exact) mass is 432 g/mol. The number of rotatable bonds is 6. The van der Waals surface area contributed by atoms with Crippen LogP contribution in [0.5, 0.6) is 0 Å². The molecular weight excluding hydrogens is 412 g/mol. The molecule has 0 atom stereocenters. The molecule has 2 aromatic carbocycles. The number of hydrogen-bond donors (Lipinski definition) is 4. The molecule has 152 valence electrons. The summed E-state index contributed by atoms with van der Waals surface area (Å²) >= 11 is 11.1. The smallest absolute Gasteiger partial charge is 0.269 e. The van der Waals surface area contributed by atoms with Gasteiger partial charge >= 0.3 is 0 Å². The standard InChI is InChI=1S/C20H21ClN4O3S/c1-2-17(26)22-15-10-7-14(8-11-15)19(28)24-25-20(29)23-18(27)12-9-13-5-3-4-6-16(13)21/h3-8,10-11H,2,9,12H2,1H3,(H,22,26)(H,24,28)(H2,23,25,27,29). The Hall–Kier alpha value is -2.97. The number of nitrogens with one attached hydrogen (secondary N) is 4. The summed E-state index contributed by atoms with van der Waals surface area (Å²) in [6.45, 7) is 1.75. The van der Waals surface area contributed by atoms with Crippen molar-refractivity contribution < 1.29 is 14.4 Å². The average Bonchev–Trinajstić information content (AvgIpc) is 2.71. The lowest BCUT2D eigenvalue weighted by molar-refractivity contribution is -0.119. The van der Waals surface area contributed by atoms with Crippen molar-refractivity contribution in [1.29, 1.82) is 0 Å². The molecule has 0 aliphatic rings. The molecule has 9 heteroatoms. The molecule has 0 fully saturated rings. The Balaban J connectivity index is 1.75. The number of carbonyl (C=O) groups excluding carboxylic acids is 3. The van der Waals surface area contributed by atoms with E-state index in [-0.39, 0.29) is 23.3 Å². The zero-order chi connectivity index (χ0) is 21.2.